The van der Waals surface area contributed by atoms with Crippen LogP contribution in [0.15, 0.2) is 53.3 Å². The Morgan fingerprint density at radius 1 is 1.05 bits per heavy atom. The Morgan fingerprint density at radius 3 is 2.57 bits per heavy atom. The third kappa shape index (κ3) is 2.67. The van der Waals surface area contributed by atoms with E-state index in [1.807, 2.05) is 12.1 Å². The first kappa shape index (κ1) is 14.8. The molecule has 3 N–H and O–H groups in total. The summed E-state index contributed by atoms with van der Waals surface area (Å²) in [5, 5.41) is 10.2. The number of rotatable bonds is 1. The predicted molar refractivity (Wildman–Crippen MR) is 89.5 cm³/mol. The molecule has 1 heterocycles. The van der Waals surface area contributed by atoms with E-state index >= 15 is 0 Å². The molecule has 0 fully saturated rings. The lowest BCUT2D eigenvalue weighted by atomic mass is 10.0. The van der Waals surface area contributed by atoms with E-state index in [1.54, 1.807) is 36.4 Å². The average molecular weight is 342 g/mol. The summed E-state index contributed by atoms with van der Waals surface area (Å²) in [5.74, 6) is 0. The van der Waals surface area contributed by atoms with Crippen molar-refractivity contribution in [1.29, 1.82) is 5.26 Å². The van der Waals surface area contributed by atoms with E-state index in [2.05, 4.69) is 11.1 Å². The van der Waals surface area contributed by atoms with Gasteiger partial charge >= 0.3 is 0 Å². The molecule has 0 saturated carbocycles. The molecule has 0 saturated heterocycles. The lowest BCUT2D eigenvalue weighted by Gasteiger charge is -2.06. The van der Waals surface area contributed by atoms with Crippen molar-refractivity contribution in [2.24, 2.45) is 0 Å². The quantitative estimate of drug-likeness (QED) is 0.666. The first-order chi connectivity index (χ1) is 9.69. The largest absolute Gasteiger partial charge is 0.398 e. The minimum atomic E-state index is -0.188. The number of pyridine rings is 1. The van der Waals surface area contributed by atoms with E-state index in [4.69, 9.17) is 11.0 Å². The monoisotopic (exact) mass is 341 g/mol. The molecule has 0 atom stereocenters. The van der Waals surface area contributed by atoms with Crippen LogP contribution >= 0.6 is 17.0 Å². The normalized spacial score (nSPS) is 9.86. The number of nitrogens with two attached hydrogens (primary N) is 1. The van der Waals surface area contributed by atoms with E-state index in [9.17, 15) is 4.79 Å². The lowest BCUT2D eigenvalue weighted by molar-refractivity contribution is 1.28. The highest BCUT2D eigenvalue weighted by molar-refractivity contribution is 8.93. The highest BCUT2D eigenvalue weighted by Gasteiger charge is 2.06. The Bertz CT molecular complexity index is 909. The number of nitrogen functional groups attached to an aromatic ring is 1. The van der Waals surface area contributed by atoms with Gasteiger partial charge in [-0.2, -0.15) is 5.26 Å². The minimum absolute atomic E-state index is 0. The van der Waals surface area contributed by atoms with Crippen LogP contribution in [0.5, 0.6) is 0 Å². The fraction of sp³-hybridized carbons (Fsp3) is 0. The second-order valence-corrected chi connectivity index (χ2v) is 4.51. The van der Waals surface area contributed by atoms with Crippen molar-refractivity contribution >= 4 is 33.4 Å². The molecule has 0 amide bonds. The molecule has 3 rings (SSSR count). The van der Waals surface area contributed by atoms with Crippen LogP contribution in [0.4, 0.5) is 5.69 Å². The number of halogens is 1. The van der Waals surface area contributed by atoms with Crippen LogP contribution in [-0.2, 0) is 0 Å². The summed E-state index contributed by atoms with van der Waals surface area (Å²) in [7, 11) is 0. The number of fused-ring (bicyclic) bond motifs is 1. The van der Waals surface area contributed by atoms with Crippen LogP contribution in [0.25, 0.3) is 22.0 Å². The van der Waals surface area contributed by atoms with E-state index < -0.39 is 0 Å². The number of hydrogen-bond acceptors (Lipinski definition) is 3. The number of aromatic nitrogens is 1. The molecule has 104 valence electrons. The maximum atomic E-state index is 12.1. The molecule has 0 unspecified atom stereocenters. The van der Waals surface area contributed by atoms with Gasteiger partial charge in [-0.3, -0.25) is 4.79 Å². The van der Waals surface area contributed by atoms with Gasteiger partial charge in [-0.1, -0.05) is 18.2 Å². The van der Waals surface area contributed by atoms with Crippen LogP contribution in [-0.4, -0.2) is 4.98 Å². The fourth-order valence-electron chi connectivity index (χ4n) is 2.22. The minimum Gasteiger partial charge on any atom is -0.398 e. The summed E-state index contributed by atoms with van der Waals surface area (Å²) in [6.45, 7) is 0. The second-order valence-electron chi connectivity index (χ2n) is 4.51. The summed E-state index contributed by atoms with van der Waals surface area (Å²) in [5.41, 5.74) is 8.28. The summed E-state index contributed by atoms with van der Waals surface area (Å²) < 4.78 is 0. The molecule has 2 aromatic carbocycles. The topological polar surface area (TPSA) is 82.7 Å². The van der Waals surface area contributed by atoms with Gasteiger partial charge in [-0.25, -0.2) is 0 Å². The molecule has 0 aliphatic carbocycles. The van der Waals surface area contributed by atoms with E-state index in [0.29, 0.717) is 27.7 Å². The maximum absolute atomic E-state index is 12.1. The van der Waals surface area contributed by atoms with Crippen LogP contribution in [0.3, 0.4) is 0 Å². The summed E-state index contributed by atoms with van der Waals surface area (Å²) in [6.07, 6.45) is 0. The Labute approximate surface area is 131 Å². The zero-order valence-electron chi connectivity index (χ0n) is 11.0. The Hall–Kier alpha value is -2.58. The molecular formula is C16H12BrN3O. The van der Waals surface area contributed by atoms with Gasteiger partial charge in [-0.15, -0.1) is 17.0 Å². The smallest absolute Gasteiger partial charge is 0.256 e. The van der Waals surface area contributed by atoms with Crippen molar-refractivity contribution in [3.05, 3.63) is 64.4 Å². The molecule has 3 aromatic rings. The predicted octanol–water partition coefficient (Wildman–Crippen LogP) is 3.23. The SMILES string of the molecule is Br.N#Cc1cccc(-c2cc3c(N)cccc3c(=O)[nH]2)c1. The highest BCUT2D eigenvalue weighted by atomic mass is 79.9. The van der Waals surface area contributed by atoms with Gasteiger partial charge in [0.15, 0.2) is 0 Å². The Balaban J connectivity index is 0.00000161. The zero-order chi connectivity index (χ0) is 14.1. The molecule has 21 heavy (non-hydrogen) atoms. The van der Waals surface area contributed by atoms with Crippen molar-refractivity contribution in [2.45, 2.75) is 0 Å². The fourth-order valence-corrected chi connectivity index (χ4v) is 2.22. The molecule has 0 bridgehead atoms. The highest BCUT2D eigenvalue weighted by Crippen LogP contribution is 2.24. The number of H-pyrrole nitrogens is 1. The number of benzene rings is 2. The molecule has 5 heteroatoms. The zero-order valence-corrected chi connectivity index (χ0v) is 12.7. The summed E-state index contributed by atoms with van der Waals surface area (Å²) >= 11 is 0. The molecule has 1 aromatic heterocycles. The van der Waals surface area contributed by atoms with Crippen molar-refractivity contribution in [1.82, 2.24) is 4.98 Å². The molecule has 0 spiro atoms. The van der Waals surface area contributed by atoms with Crippen molar-refractivity contribution < 1.29 is 0 Å². The van der Waals surface area contributed by atoms with Crippen LogP contribution in [0, 0.1) is 11.3 Å². The van der Waals surface area contributed by atoms with Crippen molar-refractivity contribution in [2.75, 3.05) is 5.73 Å². The number of aromatic amines is 1. The van der Waals surface area contributed by atoms with Crippen LogP contribution in [0.2, 0.25) is 0 Å². The van der Waals surface area contributed by atoms with Gasteiger partial charge in [0.25, 0.3) is 5.56 Å². The van der Waals surface area contributed by atoms with Crippen LogP contribution in [0.1, 0.15) is 5.56 Å². The first-order valence-corrected chi connectivity index (χ1v) is 6.11. The number of nitrogens with zero attached hydrogens (tertiary/aromatic N) is 1. The molecule has 0 radical (unpaired) electrons. The van der Waals surface area contributed by atoms with Gasteiger partial charge in [0.2, 0.25) is 0 Å². The Morgan fingerprint density at radius 2 is 1.81 bits per heavy atom. The van der Waals surface area contributed by atoms with Crippen molar-refractivity contribution in [3.8, 4) is 17.3 Å². The van der Waals surface area contributed by atoms with Gasteiger partial charge in [-0.05, 0) is 35.9 Å². The maximum Gasteiger partial charge on any atom is 0.256 e. The number of hydrogen-bond donors (Lipinski definition) is 2. The number of nitriles is 1. The number of nitrogens with one attached hydrogen (secondary N) is 1. The molecule has 0 aliphatic rings. The third-order valence-corrected chi connectivity index (χ3v) is 3.22. The van der Waals surface area contributed by atoms with Gasteiger partial charge < -0.3 is 10.7 Å². The molecule has 0 aliphatic heterocycles. The van der Waals surface area contributed by atoms with Crippen molar-refractivity contribution in [3.63, 3.8) is 0 Å². The second kappa shape index (κ2) is 5.81. The Kier molecular flexibility index (Phi) is 4.10. The number of anilines is 1. The van der Waals surface area contributed by atoms with E-state index in [-0.39, 0.29) is 22.5 Å². The molecule has 4 nitrogen and oxygen atoms in total. The molecular weight excluding hydrogens is 330 g/mol. The van der Waals surface area contributed by atoms with E-state index in [1.165, 1.54) is 0 Å². The van der Waals surface area contributed by atoms with E-state index in [0.717, 1.165) is 5.56 Å². The summed E-state index contributed by atoms with van der Waals surface area (Å²) in [6, 6.07) is 16.2. The lowest BCUT2D eigenvalue weighted by Crippen LogP contribution is -2.08. The standard InChI is InChI=1S/C16H11N3O.BrH/c17-9-10-3-1-4-11(7-10)15-8-13-12(16(20)19-15)5-2-6-14(13)18;/h1-8H,18H2,(H,19,20);1H. The van der Waals surface area contributed by atoms with Gasteiger partial charge in [0.05, 0.1) is 11.6 Å². The average Bonchev–Trinajstić information content (AvgIpc) is 2.48. The first-order valence-electron chi connectivity index (χ1n) is 6.11. The van der Waals surface area contributed by atoms with Crippen LogP contribution < -0.4 is 11.3 Å². The van der Waals surface area contributed by atoms with Gasteiger partial charge in [0.1, 0.15) is 0 Å². The van der Waals surface area contributed by atoms with Gasteiger partial charge in [0, 0.05) is 22.2 Å². The summed E-state index contributed by atoms with van der Waals surface area (Å²) in [4.78, 5) is 14.9. The third-order valence-electron chi connectivity index (χ3n) is 3.22.